The summed E-state index contributed by atoms with van der Waals surface area (Å²) in [6, 6.07) is 7.73. The first kappa shape index (κ1) is 20.6. The molecule has 0 radical (unpaired) electrons. The number of aromatic amines is 2. The number of aromatic nitrogens is 4. The fraction of sp³-hybridized carbons (Fsp3) is 0.304. The van der Waals surface area contributed by atoms with Crippen LogP contribution >= 0.6 is 0 Å². The Labute approximate surface area is 178 Å². The molecule has 4 rings (SSSR count). The predicted octanol–water partition coefficient (Wildman–Crippen LogP) is 2.51. The molecule has 3 heterocycles. The molecule has 0 bridgehead atoms. The number of aryl methyl sites for hydroxylation is 2. The molecule has 0 fully saturated rings. The highest BCUT2D eigenvalue weighted by Gasteiger charge is 2.13. The van der Waals surface area contributed by atoms with E-state index in [4.69, 9.17) is 0 Å². The van der Waals surface area contributed by atoms with Crippen molar-refractivity contribution in [3.8, 4) is 0 Å². The fourth-order valence-electron chi connectivity index (χ4n) is 3.91. The van der Waals surface area contributed by atoms with Crippen LogP contribution in [-0.2, 0) is 19.4 Å². The van der Waals surface area contributed by atoms with E-state index in [1.165, 1.54) is 27.8 Å². The van der Waals surface area contributed by atoms with E-state index >= 15 is 0 Å². The monoisotopic (exact) mass is 419 g/mol. The van der Waals surface area contributed by atoms with Crippen molar-refractivity contribution in [3.63, 3.8) is 0 Å². The van der Waals surface area contributed by atoms with Crippen LogP contribution in [-0.4, -0.2) is 32.0 Å². The van der Waals surface area contributed by atoms with Crippen molar-refractivity contribution < 1.29 is 4.79 Å². The first-order valence-corrected chi connectivity index (χ1v) is 10.5. The number of hydrogen-bond donors (Lipinski definition) is 3. The van der Waals surface area contributed by atoms with Crippen molar-refractivity contribution in [1.29, 1.82) is 0 Å². The molecule has 160 valence electrons. The highest BCUT2D eigenvalue weighted by molar-refractivity contribution is 5.96. The number of benzene rings is 1. The van der Waals surface area contributed by atoms with Gasteiger partial charge in [-0.05, 0) is 36.5 Å². The smallest absolute Gasteiger partial charge is 0.329 e. The number of hydrogen-bond acceptors (Lipinski definition) is 4. The molecule has 31 heavy (non-hydrogen) atoms. The van der Waals surface area contributed by atoms with Gasteiger partial charge in [0.25, 0.3) is 11.5 Å². The van der Waals surface area contributed by atoms with Gasteiger partial charge in [-0.2, -0.15) is 0 Å². The third-order valence-electron chi connectivity index (χ3n) is 5.49. The lowest BCUT2D eigenvalue weighted by molar-refractivity contribution is 0.0954. The van der Waals surface area contributed by atoms with E-state index in [1.807, 2.05) is 19.2 Å². The second-order valence-corrected chi connectivity index (χ2v) is 7.52. The maximum absolute atomic E-state index is 12.6. The SMILES string of the molecule is CCCn1c(=O)[nH]c(=O)c2cc(C(=O)NCCc3c[nH]c4c(CC)cccc34)cnc21. The Kier molecular flexibility index (Phi) is 5.70. The van der Waals surface area contributed by atoms with E-state index < -0.39 is 11.2 Å². The highest BCUT2D eigenvalue weighted by Crippen LogP contribution is 2.22. The minimum absolute atomic E-state index is 0.226. The van der Waals surface area contributed by atoms with Gasteiger partial charge in [0.05, 0.1) is 10.9 Å². The van der Waals surface area contributed by atoms with Gasteiger partial charge < -0.3 is 10.3 Å². The second-order valence-electron chi connectivity index (χ2n) is 7.52. The molecule has 0 aliphatic rings. The number of nitrogens with one attached hydrogen (secondary N) is 3. The van der Waals surface area contributed by atoms with E-state index in [-0.39, 0.29) is 22.5 Å². The summed E-state index contributed by atoms with van der Waals surface area (Å²) in [5, 5.41) is 4.29. The molecule has 3 aromatic heterocycles. The van der Waals surface area contributed by atoms with Gasteiger partial charge >= 0.3 is 5.69 Å². The van der Waals surface area contributed by atoms with Crippen LogP contribution in [0.2, 0.25) is 0 Å². The second kappa shape index (κ2) is 8.59. The van der Waals surface area contributed by atoms with Crippen LogP contribution in [0.15, 0.2) is 46.2 Å². The van der Waals surface area contributed by atoms with Gasteiger partial charge in [-0.3, -0.25) is 19.1 Å². The van der Waals surface area contributed by atoms with Gasteiger partial charge in [0, 0.05) is 36.4 Å². The summed E-state index contributed by atoms with van der Waals surface area (Å²) in [5.41, 5.74) is 3.09. The van der Waals surface area contributed by atoms with Crippen molar-refractivity contribution >= 4 is 27.8 Å². The molecule has 1 aromatic carbocycles. The minimum Gasteiger partial charge on any atom is -0.361 e. The summed E-state index contributed by atoms with van der Waals surface area (Å²) >= 11 is 0. The molecule has 4 aromatic rings. The quantitative estimate of drug-likeness (QED) is 0.427. The van der Waals surface area contributed by atoms with E-state index in [0.717, 1.165) is 23.9 Å². The van der Waals surface area contributed by atoms with Gasteiger partial charge in [0.1, 0.15) is 5.65 Å². The fourth-order valence-corrected chi connectivity index (χ4v) is 3.91. The normalized spacial score (nSPS) is 11.3. The number of para-hydroxylation sites is 1. The molecule has 3 N–H and O–H groups in total. The zero-order valence-electron chi connectivity index (χ0n) is 17.6. The number of amides is 1. The topological polar surface area (TPSA) is 113 Å². The summed E-state index contributed by atoms with van der Waals surface area (Å²) in [6.45, 7) is 4.95. The number of pyridine rings is 1. The van der Waals surface area contributed by atoms with Gasteiger partial charge in [-0.1, -0.05) is 32.0 Å². The summed E-state index contributed by atoms with van der Waals surface area (Å²) in [5.74, 6) is -0.309. The summed E-state index contributed by atoms with van der Waals surface area (Å²) < 4.78 is 1.42. The van der Waals surface area contributed by atoms with Crippen LogP contribution < -0.4 is 16.6 Å². The van der Waals surface area contributed by atoms with E-state index in [2.05, 4.69) is 39.3 Å². The first-order chi connectivity index (χ1) is 15.0. The van der Waals surface area contributed by atoms with Crippen molar-refractivity contribution in [2.24, 2.45) is 0 Å². The van der Waals surface area contributed by atoms with Crippen LogP contribution in [0.3, 0.4) is 0 Å². The van der Waals surface area contributed by atoms with E-state index in [1.54, 1.807) is 0 Å². The van der Waals surface area contributed by atoms with Crippen molar-refractivity contribution in [1.82, 2.24) is 24.8 Å². The molecule has 0 atom stereocenters. The van der Waals surface area contributed by atoms with E-state index in [9.17, 15) is 14.4 Å². The predicted molar refractivity (Wildman–Crippen MR) is 121 cm³/mol. The third-order valence-corrected chi connectivity index (χ3v) is 5.49. The average molecular weight is 419 g/mol. The Bertz CT molecular complexity index is 1380. The number of H-pyrrole nitrogens is 2. The highest BCUT2D eigenvalue weighted by atomic mass is 16.2. The third kappa shape index (κ3) is 3.88. The van der Waals surface area contributed by atoms with E-state index in [0.29, 0.717) is 19.5 Å². The standard InChI is InChI=1S/C23H25N5O3/c1-3-10-28-20-18(22(30)27-23(28)31)11-16(13-26-20)21(29)24-9-8-15-12-25-19-14(4-2)6-5-7-17(15)19/h5-7,11-13,25H,3-4,8-10H2,1-2H3,(H,24,29)(H,27,30,31). The number of nitrogens with zero attached hydrogens (tertiary/aromatic N) is 2. The van der Waals surface area contributed by atoms with Crippen molar-refractivity contribution in [2.45, 2.75) is 39.7 Å². The van der Waals surface area contributed by atoms with Crippen molar-refractivity contribution in [3.05, 3.63) is 74.2 Å². The summed E-state index contributed by atoms with van der Waals surface area (Å²) in [7, 11) is 0. The largest absolute Gasteiger partial charge is 0.361 e. The Morgan fingerprint density at radius 2 is 2.00 bits per heavy atom. The van der Waals surface area contributed by atoms with Crippen LogP contribution in [0.25, 0.3) is 21.9 Å². The molecule has 1 amide bonds. The average Bonchev–Trinajstić information content (AvgIpc) is 3.19. The maximum atomic E-state index is 12.6. The molecule has 0 spiro atoms. The molecular weight excluding hydrogens is 394 g/mol. The lowest BCUT2D eigenvalue weighted by Gasteiger charge is -2.09. The molecule has 0 saturated heterocycles. The van der Waals surface area contributed by atoms with Gasteiger partial charge in [-0.15, -0.1) is 0 Å². The van der Waals surface area contributed by atoms with Gasteiger partial charge in [0.15, 0.2) is 0 Å². The Morgan fingerprint density at radius 3 is 2.77 bits per heavy atom. The lowest BCUT2D eigenvalue weighted by Crippen LogP contribution is -2.31. The Morgan fingerprint density at radius 1 is 1.16 bits per heavy atom. The van der Waals surface area contributed by atoms with Crippen LogP contribution in [0.4, 0.5) is 0 Å². The molecule has 8 heteroatoms. The first-order valence-electron chi connectivity index (χ1n) is 10.5. The Hall–Kier alpha value is -3.68. The zero-order chi connectivity index (χ0) is 22.0. The lowest BCUT2D eigenvalue weighted by atomic mass is 10.1. The maximum Gasteiger partial charge on any atom is 0.329 e. The number of carbonyl (C=O) groups excluding carboxylic acids is 1. The number of rotatable bonds is 7. The number of fused-ring (bicyclic) bond motifs is 2. The summed E-state index contributed by atoms with van der Waals surface area (Å²) in [6.07, 6.45) is 5.74. The summed E-state index contributed by atoms with van der Waals surface area (Å²) in [4.78, 5) is 46.8. The molecule has 0 aliphatic heterocycles. The van der Waals surface area contributed by atoms with Gasteiger partial charge in [-0.25, -0.2) is 9.78 Å². The number of carbonyl (C=O) groups is 1. The molecule has 0 unspecified atom stereocenters. The van der Waals surface area contributed by atoms with Crippen molar-refractivity contribution in [2.75, 3.05) is 6.54 Å². The van der Waals surface area contributed by atoms with Gasteiger partial charge in [0.2, 0.25) is 0 Å². The molecular formula is C23H25N5O3. The molecule has 0 aliphatic carbocycles. The molecule has 8 nitrogen and oxygen atoms in total. The van der Waals surface area contributed by atoms with Crippen LogP contribution in [0.5, 0.6) is 0 Å². The zero-order valence-corrected chi connectivity index (χ0v) is 17.6. The van der Waals surface area contributed by atoms with Crippen LogP contribution in [0.1, 0.15) is 41.8 Å². The molecule has 0 saturated carbocycles. The Balaban J connectivity index is 1.52. The minimum atomic E-state index is -0.542. The van der Waals surface area contributed by atoms with Crippen LogP contribution in [0, 0.1) is 0 Å².